The molecule has 0 saturated carbocycles. The molecule has 0 N–H and O–H groups in total. The minimum absolute atomic E-state index is 0.315. The van der Waals surface area contributed by atoms with E-state index in [-0.39, 0.29) is 0 Å². The first kappa shape index (κ1) is 24.5. The third-order valence-electron chi connectivity index (χ3n) is 5.57. The normalized spacial score (nSPS) is 11.3. The SMILES string of the molecule is CCCCCCCCCCCCCCCCOc1nc2cc(F)c(F)cc2nc1C. The fraction of sp³-hybridized carbons (Fsp3) is 0.680. The molecule has 0 saturated heterocycles. The standard InChI is InChI=1S/C25H38F2N2O/c1-3-4-5-6-7-8-9-10-11-12-13-14-15-16-17-30-25-20(2)28-23-18-21(26)22(27)19-24(23)29-25/h18-19H,3-17H2,1-2H3. The quantitative estimate of drug-likeness (QED) is 0.257. The molecule has 1 aromatic heterocycles. The van der Waals surface area contributed by atoms with Crippen LogP contribution < -0.4 is 4.74 Å². The Kier molecular flexibility index (Phi) is 11.6. The Morgan fingerprint density at radius 1 is 0.667 bits per heavy atom. The van der Waals surface area contributed by atoms with Crippen molar-refractivity contribution in [2.45, 2.75) is 104 Å². The van der Waals surface area contributed by atoms with E-state index in [1.807, 2.05) is 0 Å². The highest BCUT2D eigenvalue weighted by atomic mass is 19.2. The molecule has 0 unspecified atom stereocenters. The number of halogens is 2. The number of nitrogens with zero attached hydrogens (tertiary/aromatic N) is 2. The van der Waals surface area contributed by atoms with Crippen LogP contribution in [0.25, 0.3) is 11.0 Å². The maximum absolute atomic E-state index is 13.4. The van der Waals surface area contributed by atoms with Gasteiger partial charge in [-0.2, -0.15) is 0 Å². The third-order valence-corrected chi connectivity index (χ3v) is 5.57. The number of aryl methyl sites for hydroxylation is 1. The summed E-state index contributed by atoms with van der Waals surface area (Å²) in [5, 5.41) is 0. The van der Waals surface area contributed by atoms with Crippen LogP contribution in [0.15, 0.2) is 12.1 Å². The van der Waals surface area contributed by atoms with Crippen molar-refractivity contribution >= 4 is 11.0 Å². The van der Waals surface area contributed by atoms with Crippen molar-refractivity contribution in [3.8, 4) is 5.88 Å². The summed E-state index contributed by atoms with van der Waals surface area (Å²) >= 11 is 0. The van der Waals surface area contributed by atoms with Crippen molar-refractivity contribution in [2.24, 2.45) is 0 Å². The summed E-state index contributed by atoms with van der Waals surface area (Å²) < 4.78 is 32.4. The van der Waals surface area contributed by atoms with E-state index < -0.39 is 11.6 Å². The van der Waals surface area contributed by atoms with Gasteiger partial charge in [0.05, 0.1) is 17.6 Å². The summed E-state index contributed by atoms with van der Waals surface area (Å²) in [6.07, 6.45) is 18.4. The van der Waals surface area contributed by atoms with E-state index in [2.05, 4.69) is 16.9 Å². The molecule has 5 heteroatoms. The van der Waals surface area contributed by atoms with E-state index in [4.69, 9.17) is 4.74 Å². The van der Waals surface area contributed by atoms with Gasteiger partial charge in [-0.3, -0.25) is 0 Å². The summed E-state index contributed by atoms with van der Waals surface area (Å²) in [5.74, 6) is -1.42. The summed E-state index contributed by atoms with van der Waals surface area (Å²) in [6.45, 7) is 4.61. The van der Waals surface area contributed by atoms with E-state index in [9.17, 15) is 8.78 Å². The van der Waals surface area contributed by atoms with E-state index in [0.717, 1.165) is 25.0 Å². The first-order valence-corrected chi connectivity index (χ1v) is 11.9. The van der Waals surface area contributed by atoms with Crippen molar-refractivity contribution in [2.75, 3.05) is 6.61 Å². The maximum Gasteiger partial charge on any atom is 0.235 e. The molecule has 0 radical (unpaired) electrons. The summed E-state index contributed by atoms with van der Waals surface area (Å²) in [7, 11) is 0. The van der Waals surface area contributed by atoms with Crippen molar-refractivity contribution in [1.29, 1.82) is 0 Å². The minimum Gasteiger partial charge on any atom is -0.476 e. The molecule has 0 aliphatic carbocycles. The molecule has 2 aromatic rings. The Labute approximate surface area is 180 Å². The second kappa shape index (κ2) is 14.3. The van der Waals surface area contributed by atoms with Crippen molar-refractivity contribution < 1.29 is 13.5 Å². The summed E-state index contributed by atoms with van der Waals surface area (Å²) in [5.41, 5.74) is 1.25. The number of ether oxygens (including phenoxy) is 1. The first-order chi connectivity index (χ1) is 14.6. The average Bonchev–Trinajstić information content (AvgIpc) is 2.72. The molecular weight excluding hydrogens is 382 g/mol. The predicted molar refractivity (Wildman–Crippen MR) is 120 cm³/mol. The van der Waals surface area contributed by atoms with Gasteiger partial charge in [-0.25, -0.2) is 18.7 Å². The number of unbranched alkanes of at least 4 members (excludes halogenated alkanes) is 13. The number of hydrogen-bond donors (Lipinski definition) is 0. The molecule has 0 atom stereocenters. The van der Waals surface area contributed by atoms with Crippen LogP contribution >= 0.6 is 0 Å². The number of benzene rings is 1. The number of hydrogen-bond acceptors (Lipinski definition) is 3. The Bertz CT molecular complexity index is 751. The van der Waals surface area contributed by atoms with Crippen molar-refractivity contribution in [3.63, 3.8) is 0 Å². The predicted octanol–water partition coefficient (Wildman–Crippen LogP) is 8.08. The van der Waals surface area contributed by atoms with E-state index >= 15 is 0 Å². The average molecular weight is 421 g/mol. The molecule has 1 aromatic carbocycles. The zero-order chi connectivity index (χ0) is 21.6. The van der Waals surface area contributed by atoms with Crippen molar-refractivity contribution in [1.82, 2.24) is 9.97 Å². The lowest BCUT2D eigenvalue weighted by Gasteiger charge is -2.09. The number of rotatable bonds is 16. The molecule has 0 bridgehead atoms. The van der Waals surface area contributed by atoms with Gasteiger partial charge in [0, 0.05) is 12.1 Å². The highest BCUT2D eigenvalue weighted by Gasteiger charge is 2.10. The van der Waals surface area contributed by atoms with Crippen molar-refractivity contribution in [3.05, 3.63) is 29.5 Å². The Balaban J connectivity index is 1.50. The molecule has 0 aliphatic heterocycles. The zero-order valence-corrected chi connectivity index (χ0v) is 18.8. The van der Waals surface area contributed by atoms with Crippen LogP contribution in [0.1, 0.15) is 103 Å². The third kappa shape index (κ3) is 8.93. The van der Waals surface area contributed by atoms with Crippen LogP contribution in [0.4, 0.5) is 8.78 Å². The van der Waals surface area contributed by atoms with Gasteiger partial charge >= 0.3 is 0 Å². The van der Waals surface area contributed by atoms with E-state index in [1.165, 1.54) is 77.0 Å². The lowest BCUT2D eigenvalue weighted by atomic mass is 10.0. The second-order valence-corrected chi connectivity index (χ2v) is 8.31. The zero-order valence-electron chi connectivity index (χ0n) is 18.8. The topological polar surface area (TPSA) is 35.0 Å². The van der Waals surface area contributed by atoms with Gasteiger partial charge in [-0.05, 0) is 13.3 Å². The second-order valence-electron chi connectivity index (χ2n) is 8.31. The molecule has 3 nitrogen and oxygen atoms in total. The minimum atomic E-state index is -0.918. The lowest BCUT2D eigenvalue weighted by Crippen LogP contribution is -2.03. The first-order valence-electron chi connectivity index (χ1n) is 11.9. The summed E-state index contributed by atoms with van der Waals surface area (Å²) in [4.78, 5) is 8.56. The van der Waals surface area contributed by atoms with Crippen LogP contribution in [0.5, 0.6) is 5.88 Å². The van der Waals surface area contributed by atoms with Crippen LogP contribution in [-0.2, 0) is 0 Å². The molecular formula is C25H38F2N2O. The highest BCUT2D eigenvalue weighted by Crippen LogP contribution is 2.21. The maximum atomic E-state index is 13.4. The van der Waals surface area contributed by atoms with Gasteiger partial charge in [0.2, 0.25) is 5.88 Å². The molecule has 168 valence electrons. The smallest absolute Gasteiger partial charge is 0.235 e. The van der Waals surface area contributed by atoms with E-state index in [0.29, 0.717) is 29.2 Å². The van der Waals surface area contributed by atoms with Gasteiger partial charge in [-0.1, -0.05) is 90.4 Å². The fourth-order valence-electron chi connectivity index (χ4n) is 3.73. The fourth-order valence-corrected chi connectivity index (χ4v) is 3.73. The molecule has 0 spiro atoms. The molecule has 0 aliphatic rings. The van der Waals surface area contributed by atoms with Gasteiger partial charge in [0.1, 0.15) is 5.69 Å². The van der Waals surface area contributed by atoms with Crippen LogP contribution in [-0.4, -0.2) is 16.6 Å². The van der Waals surface area contributed by atoms with E-state index in [1.54, 1.807) is 6.92 Å². The molecule has 0 amide bonds. The molecule has 30 heavy (non-hydrogen) atoms. The Morgan fingerprint density at radius 3 is 1.60 bits per heavy atom. The van der Waals surface area contributed by atoms with Gasteiger partial charge in [0.15, 0.2) is 11.6 Å². The number of aromatic nitrogens is 2. The molecule has 1 heterocycles. The highest BCUT2D eigenvalue weighted by molar-refractivity contribution is 5.75. The molecule has 2 rings (SSSR count). The lowest BCUT2D eigenvalue weighted by molar-refractivity contribution is 0.290. The monoisotopic (exact) mass is 420 g/mol. The Morgan fingerprint density at radius 2 is 1.10 bits per heavy atom. The van der Waals surface area contributed by atoms with Crippen LogP contribution in [0.3, 0.4) is 0 Å². The van der Waals surface area contributed by atoms with Crippen LogP contribution in [0, 0.1) is 18.6 Å². The molecule has 0 fully saturated rings. The Hall–Kier alpha value is -1.78. The van der Waals surface area contributed by atoms with Gasteiger partial charge < -0.3 is 4.74 Å². The number of fused-ring (bicyclic) bond motifs is 1. The summed E-state index contributed by atoms with van der Waals surface area (Å²) in [6, 6.07) is 2.14. The largest absolute Gasteiger partial charge is 0.476 e. The van der Waals surface area contributed by atoms with Crippen LogP contribution in [0.2, 0.25) is 0 Å². The van der Waals surface area contributed by atoms with Gasteiger partial charge in [-0.15, -0.1) is 0 Å². The van der Waals surface area contributed by atoms with Gasteiger partial charge in [0.25, 0.3) is 0 Å².